The first-order chi connectivity index (χ1) is 14.5. The number of likely N-dealkylation sites (tertiary alicyclic amines) is 1. The van der Waals surface area contributed by atoms with E-state index in [-0.39, 0.29) is 22.8 Å². The number of thioether (sulfide) groups is 1. The predicted octanol–water partition coefficient (Wildman–Crippen LogP) is 5.55. The Kier molecular flexibility index (Phi) is 9.04. The van der Waals surface area contributed by atoms with Crippen LogP contribution in [0.15, 0.2) is 42.5 Å². The van der Waals surface area contributed by atoms with Crippen LogP contribution in [0, 0.1) is 0 Å². The van der Waals surface area contributed by atoms with Crippen LogP contribution >= 0.6 is 11.8 Å². The Hall–Kier alpha value is -1.95. The molecule has 1 aliphatic rings. The van der Waals surface area contributed by atoms with Crippen molar-refractivity contribution in [2.24, 2.45) is 0 Å². The lowest BCUT2D eigenvalue weighted by atomic mass is 9.99. The zero-order valence-electron chi connectivity index (χ0n) is 19.7. The number of carbonyl (C=O) groups excluding carboxylic acids is 2. The molecule has 1 saturated heterocycles. The SMILES string of the molecule is C=C1CC(C(C)(C)SCc2ccccc2)N(CCCCCNC(=O)OC(C)(C)C)C1=O. The number of hydrogen-bond donors (Lipinski definition) is 1. The van der Waals surface area contributed by atoms with Crippen molar-refractivity contribution in [2.75, 3.05) is 13.1 Å². The number of rotatable bonds is 10. The van der Waals surface area contributed by atoms with Crippen molar-refractivity contribution in [1.29, 1.82) is 0 Å². The van der Waals surface area contributed by atoms with Crippen LogP contribution in [0.4, 0.5) is 4.79 Å². The second-order valence-corrected chi connectivity index (χ2v) is 11.3. The third-order valence-electron chi connectivity index (χ3n) is 5.38. The highest BCUT2D eigenvalue weighted by atomic mass is 32.2. The van der Waals surface area contributed by atoms with Crippen LogP contribution in [0.5, 0.6) is 0 Å². The van der Waals surface area contributed by atoms with Gasteiger partial charge in [0.05, 0.1) is 6.04 Å². The maximum Gasteiger partial charge on any atom is 0.407 e. The quantitative estimate of drug-likeness (QED) is 0.378. The van der Waals surface area contributed by atoms with Gasteiger partial charge in [-0.15, -0.1) is 11.8 Å². The molecule has 172 valence electrons. The first-order valence-electron chi connectivity index (χ1n) is 11.1. The molecule has 0 aliphatic carbocycles. The molecule has 1 unspecified atom stereocenters. The molecule has 31 heavy (non-hydrogen) atoms. The minimum absolute atomic E-state index is 0.0663. The van der Waals surface area contributed by atoms with Gasteiger partial charge in [-0.05, 0) is 65.9 Å². The largest absolute Gasteiger partial charge is 0.444 e. The Morgan fingerprint density at radius 2 is 1.84 bits per heavy atom. The average molecular weight is 447 g/mol. The van der Waals surface area contributed by atoms with Crippen LogP contribution in [0.3, 0.4) is 0 Å². The minimum Gasteiger partial charge on any atom is -0.444 e. The van der Waals surface area contributed by atoms with E-state index in [1.54, 1.807) is 0 Å². The normalized spacial score (nSPS) is 17.2. The number of amides is 2. The number of ether oxygens (including phenoxy) is 1. The molecule has 1 aromatic rings. The Labute approximate surface area is 192 Å². The van der Waals surface area contributed by atoms with Crippen molar-refractivity contribution in [3.05, 3.63) is 48.0 Å². The zero-order chi connectivity index (χ0) is 23.1. The van der Waals surface area contributed by atoms with Gasteiger partial charge in [-0.2, -0.15) is 0 Å². The van der Waals surface area contributed by atoms with Gasteiger partial charge in [-0.1, -0.05) is 36.9 Å². The van der Waals surface area contributed by atoms with E-state index in [9.17, 15) is 9.59 Å². The number of nitrogens with one attached hydrogen (secondary N) is 1. The van der Waals surface area contributed by atoms with Crippen LogP contribution in [0.2, 0.25) is 0 Å². The zero-order valence-corrected chi connectivity index (χ0v) is 20.5. The number of carbonyl (C=O) groups is 2. The summed E-state index contributed by atoms with van der Waals surface area (Å²) in [7, 11) is 0. The summed E-state index contributed by atoms with van der Waals surface area (Å²) >= 11 is 1.90. The molecule has 5 nitrogen and oxygen atoms in total. The van der Waals surface area contributed by atoms with Crippen LogP contribution in [0.1, 0.15) is 65.9 Å². The fourth-order valence-electron chi connectivity index (χ4n) is 3.68. The molecule has 0 aromatic heterocycles. The highest BCUT2D eigenvalue weighted by Crippen LogP contribution is 2.40. The van der Waals surface area contributed by atoms with E-state index in [2.05, 4.69) is 50.0 Å². The maximum absolute atomic E-state index is 12.7. The Morgan fingerprint density at radius 3 is 2.48 bits per heavy atom. The highest BCUT2D eigenvalue weighted by molar-refractivity contribution is 7.99. The van der Waals surface area contributed by atoms with Crippen LogP contribution in [-0.4, -0.2) is 46.4 Å². The first kappa shape index (κ1) is 25.3. The van der Waals surface area contributed by atoms with Crippen molar-refractivity contribution in [1.82, 2.24) is 10.2 Å². The number of alkyl carbamates (subject to hydrolysis) is 1. The van der Waals surface area contributed by atoms with Crippen molar-refractivity contribution in [2.45, 2.75) is 82.4 Å². The summed E-state index contributed by atoms with van der Waals surface area (Å²) in [5, 5.41) is 2.79. The predicted molar refractivity (Wildman–Crippen MR) is 129 cm³/mol. The maximum atomic E-state index is 12.7. The first-order valence-corrected chi connectivity index (χ1v) is 12.1. The monoisotopic (exact) mass is 446 g/mol. The molecule has 1 atom stereocenters. The standard InChI is InChI=1S/C25H38N2O3S/c1-19-17-21(25(5,6)31-18-20-13-9-7-10-14-20)27(22(19)28)16-12-8-11-15-26-23(29)30-24(2,3)4/h7,9-10,13-14,21H,1,8,11-12,15-18H2,2-6H3,(H,26,29). The fourth-order valence-corrected chi connectivity index (χ4v) is 4.82. The molecular weight excluding hydrogens is 408 g/mol. The topological polar surface area (TPSA) is 58.6 Å². The summed E-state index contributed by atoms with van der Waals surface area (Å²) in [6.45, 7) is 15.3. The molecule has 1 N–H and O–H groups in total. The fraction of sp³-hybridized carbons (Fsp3) is 0.600. The van der Waals surface area contributed by atoms with Gasteiger partial charge >= 0.3 is 6.09 Å². The van der Waals surface area contributed by atoms with Gasteiger partial charge in [-0.3, -0.25) is 4.79 Å². The van der Waals surface area contributed by atoms with E-state index < -0.39 is 5.60 Å². The molecular formula is C25H38N2O3S. The summed E-state index contributed by atoms with van der Waals surface area (Å²) in [5.74, 6) is 1.01. The van der Waals surface area contributed by atoms with Crippen molar-refractivity contribution in [3.63, 3.8) is 0 Å². The van der Waals surface area contributed by atoms with Gasteiger partial charge in [0.25, 0.3) is 0 Å². The van der Waals surface area contributed by atoms with E-state index >= 15 is 0 Å². The van der Waals surface area contributed by atoms with Crippen LogP contribution in [-0.2, 0) is 15.3 Å². The second kappa shape index (κ2) is 11.1. The van der Waals surface area contributed by atoms with Crippen LogP contribution in [0.25, 0.3) is 0 Å². The van der Waals surface area contributed by atoms with E-state index in [1.807, 2.05) is 43.5 Å². The highest BCUT2D eigenvalue weighted by Gasteiger charge is 2.43. The minimum atomic E-state index is -0.483. The van der Waals surface area contributed by atoms with Crippen LogP contribution < -0.4 is 5.32 Å². The second-order valence-electron chi connectivity index (χ2n) is 9.69. The molecule has 0 spiro atoms. The number of benzene rings is 1. The van der Waals surface area contributed by atoms with E-state index in [4.69, 9.17) is 4.74 Å². The van der Waals surface area contributed by atoms with Gasteiger partial charge < -0.3 is 15.0 Å². The molecule has 0 bridgehead atoms. The van der Waals surface area contributed by atoms with Gasteiger partial charge in [-0.25, -0.2) is 4.79 Å². The lowest BCUT2D eigenvalue weighted by Crippen LogP contribution is -2.45. The van der Waals surface area contributed by atoms with Gasteiger partial charge in [0.1, 0.15) is 5.60 Å². The van der Waals surface area contributed by atoms with E-state index in [1.165, 1.54) is 5.56 Å². The summed E-state index contributed by atoms with van der Waals surface area (Å²) < 4.78 is 5.18. The third kappa shape index (κ3) is 8.24. The van der Waals surface area contributed by atoms with Crippen molar-refractivity contribution in [3.8, 4) is 0 Å². The summed E-state index contributed by atoms with van der Waals surface area (Å²) in [5.41, 5.74) is 1.53. The summed E-state index contributed by atoms with van der Waals surface area (Å²) in [6, 6.07) is 10.6. The number of unbranched alkanes of at least 4 members (excludes halogenated alkanes) is 2. The Morgan fingerprint density at radius 1 is 1.16 bits per heavy atom. The molecule has 1 aromatic carbocycles. The van der Waals surface area contributed by atoms with Gasteiger partial charge in [0, 0.05) is 29.2 Å². The van der Waals surface area contributed by atoms with Gasteiger partial charge in [0.15, 0.2) is 0 Å². The molecule has 1 fully saturated rings. The Bertz CT molecular complexity index is 756. The summed E-state index contributed by atoms with van der Waals surface area (Å²) in [6.07, 6.45) is 3.06. The molecule has 2 rings (SSSR count). The smallest absolute Gasteiger partial charge is 0.407 e. The number of nitrogens with zero attached hydrogens (tertiary/aromatic N) is 1. The average Bonchev–Trinajstić information content (AvgIpc) is 2.98. The van der Waals surface area contributed by atoms with Crippen molar-refractivity contribution >= 4 is 23.8 Å². The van der Waals surface area contributed by atoms with E-state index in [0.717, 1.165) is 38.0 Å². The van der Waals surface area contributed by atoms with Crippen molar-refractivity contribution < 1.29 is 14.3 Å². The van der Waals surface area contributed by atoms with Gasteiger partial charge in [0.2, 0.25) is 5.91 Å². The Balaban J connectivity index is 1.79. The molecule has 0 saturated carbocycles. The third-order valence-corrected chi connectivity index (χ3v) is 6.87. The lowest BCUT2D eigenvalue weighted by molar-refractivity contribution is -0.126. The number of hydrogen-bond acceptors (Lipinski definition) is 4. The molecule has 1 aliphatic heterocycles. The summed E-state index contributed by atoms with van der Waals surface area (Å²) in [4.78, 5) is 26.4. The lowest BCUT2D eigenvalue weighted by Gasteiger charge is -2.37. The molecule has 2 amide bonds. The van der Waals surface area contributed by atoms with E-state index in [0.29, 0.717) is 12.1 Å². The molecule has 0 radical (unpaired) electrons. The molecule has 6 heteroatoms. The molecule has 1 heterocycles.